The van der Waals surface area contributed by atoms with Crippen LogP contribution in [0, 0.1) is 12.8 Å². The van der Waals surface area contributed by atoms with Crippen LogP contribution in [0.4, 0.5) is 5.82 Å². The highest BCUT2D eigenvalue weighted by atomic mass is 16.1. The molecule has 2 unspecified atom stereocenters. The Balaban J connectivity index is 1.75. The Labute approximate surface area is 113 Å². The molecule has 2 aliphatic rings. The van der Waals surface area contributed by atoms with Crippen molar-refractivity contribution in [3.05, 3.63) is 22.2 Å². The van der Waals surface area contributed by atoms with Crippen LogP contribution in [0.2, 0.25) is 0 Å². The van der Waals surface area contributed by atoms with Gasteiger partial charge >= 0.3 is 0 Å². The Morgan fingerprint density at radius 3 is 3.00 bits per heavy atom. The zero-order chi connectivity index (χ0) is 13.2. The van der Waals surface area contributed by atoms with Crippen molar-refractivity contribution in [2.24, 2.45) is 5.92 Å². The quantitative estimate of drug-likeness (QED) is 0.836. The molecule has 5 nitrogen and oxygen atoms in total. The molecule has 2 N–H and O–H groups in total. The molecular formula is C14H22N4O. The number of nitrogens with zero attached hydrogens (tertiary/aromatic N) is 2. The highest BCUT2D eigenvalue weighted by molar-refractivity contribution is 5.38. The Morgan fingerprint density at radius 2 is 2.26 bits per heavy atom. The highest BCUT2D eigenvalue weighted by Gasteiger charge is 2.29. The van der Waals surface area contributed by atoms with Gasteiger partial charge in [-0.3, -0.25) is 4.79 Å². The van der Waals surface area contributed by atoms with Crippen LogP contribution in [0.3, 0.4) is 0 Å². The molecule has 1 aromatic rings. The second kappa shape index (κ2) is 5.33. The van der Waals surface area contributed by atoms with E-state index in [-0.39, 0.29) is 5.56 Å². The van der Waals surface area contributed by atoms with Gasteiger partial charge in [0.15, 0.2) is 0 Å². The molecule has 2 saturated heterocycles. The van der Waals surface area contributed by atoms with E-state index in [0.717, 1.165) is 25.5 Å². The number of hydrogen-bond donors (Lipinski definition) is 2. The summed E-state index contributed by atoms with van der Waals surface area (Å²) in [7, 11) is 0. The van der Waals surface area contributed by atoms with E-state index in [1.165, 1.54) is 25.7 Å². The predicted octanol–water partition coefficient (Wildman–Crippen LogP) is 1.05. The van der Waals surface area contributed by atoms with Crippen molar-refractivity contribution in [3.63, 3.8) is 0 Å². The summed E-state index contributed by atoms with van der Waals surface area (Å²) in [6, 6.07) is 2.28. The van der Waals surface area contributed by atoms with Crippen LogP contribution in [0.5, 0.6) is 0 Å². The number of H-pyrrole nitrogens is 1. The maximum atomic E-state index is 11.6. The molecule has 5 heteroatoms. The minimum atomic E-state index is -0.0522. The van der Waals surface area contributed by atoms with Crippen molar-refractivity contribution in [2.45, 2.75) is 38.6 Å². The van der Waals surface area contributed by atoms with Gasteiger partial charge in [-0.1, -0.05) is 0 Å². The molecule has 3 rings (SSSR count). The lowest BCUT2D eigenvalue weighted by atomic mass is 9.90. The summed E-state index contributed by atoms with van der Waals surface area (Å²) in [6.07, 6.45) is 5.07. The topological polar surface area (TPSA) is 61.0 Å². The minimum Gasteiger partial charge on any atom is -0.356 e. The average molecular weight is 262 g/mol. The number of anilines is 1. The second-order valence-electron chi connectivity index (χ2n) is 5.74. The summed E-state index contributed by atoms with van der Waals surface area (Å²) in [5, 5.41) is 3.61. The largest absolute Gasteiger partial charge is 0.356 e. The third-order valence-electron chi connectivity index (χ3n) is 4.30. The monoisotopic (exact) mass is 262 g/mol. The van der Waals surface area contributed by atoms with Crippen molar-refractivity contribution in [1.82, 2.24) is 15.3 Å². The molecule has 2 fully saturated rings. The molecule has 0 amide bonds. The van der Waals surface area contributed by atoms with Gasteiger partial charge in [0.2, 0.25) is 0 Å². The molecule has 2 atom stereocenters. The number of nitrogens with one attached hydrogen (secondary N) is 2. The fourth-order valence-electron chi connectivity index (χ4n) is 3.39. The van der Waals surface area contributed by atoms with Crippen molar-refractivity contribution in [3.8, 4) is 0 Å². The van der Waals surface area contributed by atoms with Gasteiger partial charge < -0.3 is 15.2 Å². The maximum absolute atomic E-state index is 11.6. The van der Waals surface area contributed by atoms with Crippen LogP contribution < -0.4 is 15.8 Å². The molecular weight excluding hydrogens is 240 g/mol. The molecule has 0 spiro atoms. The number of aryl methyl sites for hydroxylation is 1. The van der Waals surface area contributed by atoms with Gasteiger partial charge in [-0.2, -0.15) is 0 Å². The molecule has 104 valence electrons. The number of piperidine rings is 1. The molecule has 19 heavy (non-hydrogen) atoms. The molecule has 0 radical (unpaired) electrons. The molecule has 0 aliphatic carbocycles. The van der Waals surface area contributed by atoms with Crippen LogP contribution in [0.1, 0.15) is 31.5 Å². The van der Waals surface area contributed by atoms with Crippen molar-refractivity contribution >= 4 is 5.82 Å². The average Bonchev–Trinajstić information content (AvgIpc) is 2.92. The minimum absolute atomic E-state index is 0.0522. The first-order chi connectivity index (χ1) is 9.22. The highest BCUT2D eigenvalue weighted by Crippen LogP contribution is 2.26. The zero-order valence-electron chi connectivity index (χ0n) is 11.5. The number of aromatic amines is 1. The normalized spacial score (nSPS) is 27.7. The molecule has 0 bridgehead atoms. The summed E-state index contributed by atoms with van der Waals surface area (Å²) >= 11 is 0. The zero-order valence-corrected chi connectivity index (χ0v) is 11.5. The Hall–Kier alpha value is -1.36. The Bertz CT molecular complexity index is 492. The lowest BCUT2D eigenvalue weighted by molar-refractivity contribution is 0.328. The number of rotatable bonds is 2. The second-order valence-corrected chi connectivity index (χ2v) is 5.74. The van der Waals surface area contributed by atoms with Crippen LogP contribution in [0.25, 0.3) is 0 Å². The van der Waals surface area contributed by atoms with E-state index in [4.69, 9.17) is 0 Å². The molecule has 0 saturated carbocycles. The number of hydrogen-bond acceptors (Lipinski definition) is 4. The van der Waals surface area contributed by atoms with Crippen LogP contribution in [-0.2, 0) is 0 Å². The van der Waals surface area contributed by atoms with E-state index in [9.17, 15) is 4.79 Å². The summed E-state index contributed by atoms with van der Waals surface area (Å²) in [5.41, 5.74) is -0.0522. The van der Waals surface area contributed by atoms with E-state index in [1.54, 1.807) is 6.07 Å². The lowest BCUT2D eigenvalue weighted by Crippen LogP contribution is -2.44. The summed E-state index contributed by atoms with van der Waals surface area (Å²) in [6.45, 7) is 5.03. The summed E-state index contributed by atoms with van der Waals surface area (Å²) in [5.74, 6) is 2.23. The van der Waals surface area contributed by atoms with Crippen molar-refractivity contribution in [2.75, 3.05) is 24.5 Å². The van der Waals surface area contributed by atoms with Crippen LogP contribution >= 0.6 is 0 Å². The van der Waals surface area contributed by atoms with Gasteiger partial charge in [-0.05, 0) is 45.1 Å². The molecule has 1 aromatic heterocycles. The van der Waals surface area contributed by atoms with Crippen molar-refractivity contribution < 1.29 is 0 Å². The van der Waals surface area contributed by atoms with E-state index >= 15 is 0 Å². The predicted molar refractivity (Wildman–Crippen MR) is 75.6 cm³/mol. The first kappa shape index (κ1) is 12.7. The van der Waals surface area contributed by atoms with Crippen molar-refractivity contribution in [1.29, 1.82) is 0 Å². The summed E-state index contributed by atoms with van der Waals surface area (Å²) in [4.78, 5) is 21.0. The van der Waals surface area contributed by atoms with Gasteiger partial charge in [0, 0.05) is 25.2 Å². The maximum Gasteiger partial charge on any atom is 0.252 e. The molecule has 0 aromatic carbocycles. The van der Waals surface area contributed by atoms with E-state index in [0.29, 0.717) is 17.8 Å². The Morgan fingerprint density at radius 1 is 1.37 bits per heavy atom. The Kier molecular flexibility index (Phi) is 3.55. The first-order valence-electron chi connectivity index (χ1n) is 7.29. The third-order valence-corrected chi connectivity index (χ3v) is 4.30. The van der Waals surface area contributed by atoms with E-state index in [1.807, 2.05) is 6.92 Å². The van der Waals surface area contributed by atoms with Crippen LogP contribution in [-0.4, -0.2) is 35.6 Å². The van der Waals surface area contributed by atoms with Gasteiger partial charge in [0.1, 0.15) is 11.6 Å². The number of aromatic nitrogens is 2. The molecule has 3 heterocycles. The summed E-state index contributed by atoms with van der Waals surface area (Å²) < 4.78 is 0. The fraction of sp³-hybridized carbons (Fsp3) is 0.714. The first-order valence-corrected chi connectivity index (χ1v) is 7.29. The standard InChI is InChI=1S/C14H22N4O/c1-10-16-13(8-14(19)17-10)18-7-3-4-11(9-18)12-5-2-6-15-12/h8,11-12,15H,2-7,9H2,1H3,(H,16,17,19). The third kappa shape index (κ3) is 2.81. The van der Waals surface area contributed by atoms with Crippen LogP contribution in [0.15, 0.2) is 10.9 Å². The lowest BCUT2D eigenvalue weighted by Gasteiger charge is -2.36. The van der Waals surface area contributed by atoms with Gasteiger partial charge in [0.05, 0.1) is 0 Å². The van der Waals surface area contributed by atoms with E-state index < -0.39 is 0 Å². The molecule has 2 aliphatic heterocycles. The SMILES string of the molecule is Cc1nc(N2CCCC(C3CCCN3)C2)cc(=O)[nH]1. The van der Waals surface area contributed by atoms with Gasteiger partial charge in [-0.25, -0.2) is 4.98 Å². The van der Waals surface area contributed by atoms with Gasteiger partial charge in [0.25, 0.3) is 5.56 Å². The van der Waals surface area contributed by atoms with Gasteiger partial charge in [-0.15, -0.1) is 0 Å². The van der Waals surface area contributed by atoms with E-state index in [2.05, 4.69) is 20.2 Å². The smallest absolute Gasteiger partial charge is 0.252 e. The fourth-order valence-corrected chi connectivity index (χ4v) is 3.39.